The van der Waals surface area contributed by atoms with Gasteiger partial charge in [-0.3, -0.25) is 14.5 Å². The molecular formula is C21H23ClN2O3. The minimum atomic E-state index is -0.409. The number of piperazine rings is 1. The molecule has 1 heterocycles. The molecule has 1 amide bonds. The van der Waals surface area contributed by atoms with Crippen molar-refractivity contribution in [1.82, 2.24) is 9.80 Å². The summed E-state index contributed by atoms with van der Waals surface area (Å²) in [5.74, 6) is -0.549. The molecule has 0 radical (unpaired) electrons. The molecule has 5 nitrogen and oxygen atoms in total. The van der Waals surface area contributed by atoms with E-state index in [0.717, 1.165) is 25.2 Å². The number of rotatable bonds is 6. The van der Waals surface area contributed by atoms with E-state index < -0.39 is 5.97 Å². The maximum absolute atomic E-state index is 12.3. The Morgan fingerprint density at radius 3 is 2.22 bits per heavy atom. The van der Waals surface area contributed by atoms with Gasteiger partial charge in [0.05, 0.1) is 6.42 Å². The normalized spacial score (nSPS) is 14.8. The van der Waals surface area contributed by atoms with Crippen LogP contribution in [0.2, 0.25) is 5.02 Å². The Hall–Kier alpha value is -2.37. The van der Waals surface area contributed by atoms with Crippen LogP contribution in [0.3, 0.4) is 0 Å². The van der Waals surface area contributed by atoms with E-state index >= 15 is 0 Å². The maximum Gasteiger partial charge on any atom is 0.310 e. The van der Waals surface area contributed by atoms with Crippen molar-refractivity contribution >= 4 is 23.5 Å². The predicted octanol–water partition coefficient (Wildman–Crippen LogP) is 2.77. The van der Waals surface area contributed by atoms with E-state index in [1.807, 2.05) is 18.2 Å². The fraction of sp³-hybridized carbons (Fsp3) is 0.333. The molecule has 0 bridgehead atoms. The van der Waals surface area contributed by atoms with Crippen molar-refractivity contribution in [3.8, 4) is 0 Å². The van der Waals surface area contributed by atoms with Crippen LogP contribution >= 0.6 is 11.6 Å². The molecule has 1 aliphatic heterocycles. The lowest BCUT2D eigenvalue weighted by Crippen LogP contribution is -2.49. The Morgan fingerprint density at radius 1 is 0.889 bits per heavy atom. The van der Waals surface area contributed by atoms with Crippen LogP contribution in [-0.4, -0.2) is 54.5 Å². The van der Waals surface area contributed by atoms with Crippen LogP contribution < -0.4 is 0 Å². The molecule has 2 aromatic rings. The van der Waals surface area contributed by atoms with Crippen LogP contribution in [0.4, 0.5) is 0 Å². The number of hydrogen-bond donors (Lipinski definition) is 0. The Morgan fingerprint density at radius 2 is 1.56 bits per heavy atom. The van der Waals surface area contributed by atoms with Gasteiger partial charge in [0.1, 0.15) is 0 Å². The van der Waals surface area contributed by atoms with Gasteiger partial charge in [-0.25, -0.2) is 0 Å². The Kier molecular flexibility index (Phi) is 6.85. The topological polar surface area (TPSA) is 49.9 Å². The second kappa shape index (κ2) is 9.53. The predicted molar refractivity (Wildman–Crippen MR) is 104 cm³/mol. The molecule has 0 spiro atoms. The molecule has 0 N–H and O–H groups in total. The zero-order valence-electron chi connectivity index (χ0n) is 15.1. The van der Waals surface area contributed by atoms with E-state index in [9.17, 15) is 9.59 Å². The summed E-state index contributed by atoms with van der Waals surface area (Å²) in [4.78, 5) is 28.3. The van der Waals surface area contributed by atoms with Crippen LogP contribution in [0.5, 0.6) is 0 Å². The highest BCUT2D eigenvalue weighted by atomic mass is 35.5. The first-order valence-electron chi connectivity index (χ1n) is 9.04. The molecule has 0 saturated carbocycles. The lowest BCUT2D eigenvalue weighted by molar-refractivity contribution is -0.152. The van der Waals surface area contributed by atoms with Crippen LogP contribution in [0.25, 0.3) is 0 Å². The Balaban J connectivity index is 1.37. The van der Waals surface area contributed by atoms with Crippen molar-refractivity contribution in [3.63, 3.8) is 0 Å². The van der Waals surface area contributed by atoms with E-state index in [4.69, 9.17) is 16.3 Å². The summed E-state index contributed by atoms with van der Waals surface area (Å²) < 4.78 is 5.14. The third-order valence-electron chi connectivity index (χ3n) is 4.59. The summed E-state index contributed by atoms with van der Waals surface area (Å²) in [6.07, 6.45) is 0.134. The largest absolute Gasteiger partial charge is 0.455 e. The van der Waals surface area contributed by atoms with Crippen molar-refractivity contribution in [2.45, 2.75) is 13.0 Å². The third-order valence-corrected chi connectivity index (χ3v) is 4.84. The van der Waals surface area contributed by atoms with Crippen molar-refractivity contribution in [3.05, 3.63) is 70.7 Å². The molecule has 1 aliphatic rings. The van der Waals surface area contributed by atoms with Gasteiger partial charge in [0, 0.05) is 37.7 Å². The van der Waals surface area contributed by atoms with E-state index in [1.165, 1.54) is 5.56 Å². The average molecular weight is 387 g/mol. The summed E-state index contributed by atoms with van der Waals surface area (Å²) in [5.41, 5.74) is 2.08. The molecule has 0 atom stereocenters. The lowest BCUT2D eigenvalue weighted by atomic mass is 10.1. The number of halogens is 1. The smallest absolute Gasteiger partial charge is 0.310 e. The van der Waals surface area contributed by atoms with Crippen molar-refractivity contribution in [1.29, 1.82) is 0 Å². The molecule has 0 aliphatic carbocycles. The summed E-state index contributed by atoms with van der Waals surface area (Å²) in [7, 11) is 0. The number of hydrogen-bond acceptors (Lipinski definition) is 4. The van der Waals surface area contributed by atoms with E-state index in [1.54, 1.807) is 29.2 Å². The quantitative estimate of drug-likeness (QED) is 0.716. The molecule has 3 rings (SSSR count). The van der Waals surface area contributed by atoms with Gasteiger partial charge in [-0.2, -0.15) is 0 Å². The fourth-order valence-corrected chi connectivity index (χ4v) is 3.18. The van der Waals surface area contributed by atoms with Gasteiger partial charge in [0.25, 0.3) is 5.91 Å². The molecule has 1 fully saturated rings. The average Bonchev–Trinajstić information content (AvgIpc) is 2.69. The molecule has 142 valence electrons. The Bertz CT molecular complexity index is 757. The second-order valence-electron chi connectivity index (χ2n) is 6.61. The molecule has 27 heavy (non-hydrogen) atoms. The van der Waals surface area contributed by atoms with E-state index in [0.29, 0.717) is 18.1 Å². The molecular weight excluding hydrogens is 364 g/mol. The van der Waals surface area contributed by atoms with Crippen LogP contribution in [0.1, 0.15) is 11.1 Å². The van der Waals surface area contributed by atoms with Crippen LogP contribution in [0, 0.1) is 0 Å². The zero-order chi connectivity index (χ0) is 19.1. The molecule has 0 unspecified atom stereocenters. The zero-order valence-corrected chi connectivity index (χ0v) is 15.9. The number of carbonyl (C=O) groups is 2. The van der Waals surface area contributed by atoms with Gasteiger partial charge in [-0.05, 0) is 23.3 Å². The van der Waals surface area contributed by atoms with Crippen LogP contribution in [-0.2, 0) is 27.3 Å². The first kappa shape index (κ1) is 19.4. The van der Waals surface area contributed by atoms with Gasteiger partial charge < -0.3 is 9.64 Å². The highest BCUT2D eigenvalue weighted by Crippen LogP contribution is 2.11. The standard InChI is InChI=1S/C21H23ClN2O3/c22-19-8-6-17(7-9-19)14-21(26)27-16-20(25)24-12-10-23(11-13-24)15-18-4-2-1-3-5-18/h1-9H,10-16H2. The van der Waals surface area contributed by atoms with E-state index in [-0.39, 0.29) is 18.9 Å². The summed E-state index contributed by atoms with van der Waals surface area (Å²) in [5, 5.41) is 0.619. The number of amides is 1. The maximum atomic E-state index is 12.3. The number of ether oxygens (including phenoxy) is 1. The first-order chi connectivity index (χ1) is 13.1. The molecule has 0 aromatic heterocycles. The Labute approximate surface area is 164 Å². The first-order valence-corrected chi connectivity index (χ1v) is 9.42. The summed E-state index contributed by atoms with van der Waals surface area (Å²) >= 11 is 5.82. The lowest BCUT2D eigenvalue weighted by Gasteiger charge is -2.34. The molecule has 2 aromatic carbocycles. The number of esters is 1. The van der Waals surface area contributed by atoms with E-state index in [2.05, 4.69) is 17.0 Å². The van der Waals surface area contributed by atoms with Gasteiger partial charge in [-0.1, -0.05) is 54.1 Å². The molecule has 1 saturated heterocycles. The number of benzene rings is 2. The minimum absolute atomic E-state index is 0.134. The second-order valence-corrected chi connectivity index (χ2v) is 7.04. The highest BCUT2D eigenvalue weighted by Gasteiger charge is 2.22. The van der Waals surface area contributed by atoms with Gasteiger partial charge >= 0.3 is 5.97 Å². The van der Waals surface area contributed by atoms with Gasteiger partial charge in [0.15, 0.2) is 6.61 Å². The summed E-state index contributed by atoms with van der Waals surface area (Å²) in [6, 6.07) is 17.3. The highest BCUT2D eigenvalue weighted by molar-refractivity contribution is 6.30. The number of carbonyl (C=O) groups excluding carboxylic acids is 2. The molecule has 6 heteroatoms. The van der Waals surface area contributed by atoms with Crippen molar-refractivity contribution < 1.29 is 14.3 Å². The number of nitrogens with zero attached hydrogens (tertiary/aromatic N) is 2. The minimum Gasteiger partial charge on any atom is -0.455 e. The van der Waals surface area contributed by atoms with Crippen molar-refractivity contribution in [2.75, 3.05) is 32.8 Å². The fourth-order valence-electron chi connectivity index (χ4n) is 3.05. The van der Waals surface area contributed by atoms with Gasteiger partial charge in [-0.15, -0.1) is 0 Å². The van der Waals surface area contributed by atoms with Gasteiger partial charge in [0.2, 0.25) is 0 Å². The SMILES string of the molecule is O=C(Cc1ccc(Cl)cc1)OCC(=O)N1CCN(Cc2ccccc2)CC1. The van der Waals surface area contributed by atoms with Crippen LogP contribution in [0.15, 0.2) is 54.6 Å². The summed E-state index contributed by atoms with van der Waals surface area (Å²) in [6.45, 7) is 3.63. The monoisotopic (exact) mass is 386 g/mol. The van der Waals surface area contributed by atoms with Crippen molar-refractivity contribution in [2.24, 2.45) is 0 Å². The third kappa shape index (κ3) is 6.08.